The summed E-state index contributed by atoms with van der Waals surface area (Å²) in [6.07, 6.45) is 0.0424. The summed E-state index contributed by atoms with van der Waals surface area (Å²) in [6.45, 7) is 6.24. The Labute approximate surface area is 173 Å². The molecular weight excluding hydrogens is 392 g/mol. The summed E-state index contributed by atoms with van der Waals surface area (Å²) in [5.74, 6) is -2.86. The number of fused-ring (bicyclic) bond motifs is 1. The van der Waals surface area contributed by atoms with Crippen molar-refractivity contribution in [2.24, 2.45) is 5.92 Å². The van der Waals surface area contributed by atoms with Crippen LogP contribution in [0.5, 0.6) is 5.75 Å². The smallest absolute Gasteiger partial charge is 0.339 e. The highest BCUT2D eigenvalue weighted by molar-refractivity contribution is 5.88. The predicted molar refractivity (Wildman–Crippen MR) is 107 cm³/mol. The quantitative estimate of drug-likeness (QED) is 0.514. The van der Waals surface area contributed by atoms with Crippen LogP contribution in [0.1, 0.15) is 37.0 Å². The number of amides is 2. The molecule has 2 amide bonds. The van der Waals surface area contributed by atoms with Gasteiger partial charge in [-0.3, -0.25) is 9.59 Å². The van der Waals surface area contributed by atoms with Gasteiger partial charge in [-0.2, -0.15) is 0 Å². The second-order valence-electron chi connectivity index (χ2n) is 7.46. The van der Waals surface area contributed by atoms with E-state index in [4.69, 9.17) is 4.42 Å². The van der Waals surface area contributed by atoms with E-state index in [0.29, 0.717) is 27.7 Å². The molecule has 0 aliphatic heterocycles. The van der Waals surface area contributed by atoms with Crippen LogP contribution in [0.2, 0.25) is 0 Å². The Hall–Kier alpha value is -3.36. The molecule has 9 heteroatoms. The molecule has 1 atom stereocenters. The summed E-state index contributed by atoms with van der Waals surface area (Å²) >= 11 is 0. The number of benzene rings is 1. The van der Waals surface area contributed by atoms with E-state index in [1.165, 1.54) is 6.07 Å². The zero-order chi connectivity index (χ0) is 22.6. The molecule has 0 unspecified atom stereocenters. The Kier molecular flexibility index (Phi) is 7.20. The second kappa shape index (κ2) is 9.43. The van der Waals surface area contributed by atoms with E-state index in [1.54, 1.807) is 33.8 Å². The first-order valence-electron chi connectivity index (χ1n) is 9.54. The predicted octanol–water partition coefficient (Wildman–Crippen LogP) is 0.0549. The van der Waals surface area contributed by atoms with Crippen molar-refractivity contribution in [3.8, 4) is 5.75 Å². The number of aliphatic carboxylic acids is 1. The third-order valence-corrected chi connectivity index (χ3v) is 4.96. The monoisotopic (exact) mass is 417 g/mol. The van der Waals surface area contributed by atoms with Crippen LogP contribution in [0.25, 0.3) is 11.0 Å². The largest absolute Gasteiger partial charge is 0.548 e. The summed E-state index contributed by atoms with van der Waals surface area (Å²) in [7, 11) is 0. The summed E-state index contributed by atoms with van der Waals surface area (Å²) in [6, 6.07) is 2.01. The lowest BCUT2D eigenvalue weighted by molar-refractivity contribution is -0.309. The Morgan fingerprint density at radius 2 is 1.80 bits per heavy atom. The molecule has 2 aromatic rings. The standard InChI is InChI=1S/C21H26N2O7/c1-10(2)18(20(27)28)23-17(26)9-22-16(25)8-6-14-11(3)13-5-7-15(24)12(4)19(13)30-21(14)29/h5,7,10,18,24H,6,8-9H2,1-4H3,(H,22,25)(H,23,26)(H,27,28)/p-1/t18-/m0/s1. The summed E-state index contributed by atoms with van der Waals surface area (Å²) in [4.78, 5) is 47.3. The van der Waals surface area contributed by atoms with Crippen molar-refractivity contribution in [3.05, 3.63) is 39.2 Å². The fourth-order valence-corrected chi connectivity index (χ4v) is 3.10. The van der Waals surface area contributed by atoms with Crippen molar-refractivity contribution in [2.75, 3.05) is 6.54 Å². The van der Waals surface area contributed by atoms with Gasteiger partial charge in [0.25, 0.3) is 0 Å². The molecular formula is C21H25N2O7-. The first kappa shape index (κ1) is 22.9. The molecule has 0 fully saturated rings. The van der Waals surface area contributed by atoms with Crippen molar-refractivity contribution >= 4 is 28.8 Å². The van der Waals surface area contributed by atoms with Crippen LogP contribution in [0.4, 0.5) is 0 Å². The summed E-state index contributed by atoms with van der Waals surface area (Å²) in [5, 5.41) is 26.1. The first-order valence-corrected chi connectivity index (χ1v) is 9.54. The molecule has 3 N–H and O–H groups in total. The molecule has 1 aromatic heterocycles. The van der Waals surface area contributed by atoms with E-state index in [9.17, 15) is 29.4 Å². The molecule has 0 aliphatic carbocycles. The number of hydrogen-bond acceptors (Lipinski definition) is 7. The number of carboxylic acid groups (broad SMARTS) is 1. The van der Waals surface area contributed by atoms with Gasteiger partial charge >= 0.3 is 5.63 Å². The number of aryl methyl sites for hydroxylation is 2. The maximum absolute atomic E-state index is 12.3. The fraction of sp³-hybridized carbons (Fsp3) is 0.429. The highest BCUT2D eigenvalue weighted by Gasteiger charge is 2.18. The number of carbonyl (C=O) groups excluding carboxylic acids is 3. The van der Waals surface area contributed by atoms with Crippen LogP contribution in [-0.4, -0.2) is 35.5 Å². The van der Waals surface area contributed by atoms with Crippen LogP contribution < -0.4 is 21.4 Å². The minimum Gasteiger partial charge on any atom is -0.548 e. The Balaban J connectivity index is 2.00. The highest BCUT2D eigenvalue weighted by Crippen LogP contribution is 2.28. The van der Waals surface area contributed by atoms with Gasteiger partial charge in [0.15, 0.2) is 0 Å². The van der Waals surface area contributed by atoms with Crippen LogP contribution in [0, 0.1) is 19.8 Å². The first-order chi connectivity index (χ1) is 14.0. The number of carboxylic acids is 1. The van der Waals surface area contributed by atoms with Gasteiger partial charge in [-0.1, -0.05) is 13.8 Å². The number of carbonyl (C=O) groups is 3. The van der Waals surface area contributed by atoms with Gasteiger partial charge in [0.1, 0.15) is 11.3 Å². The van der Waals surface area contributed by atoms with Crippen molar-refractivity contribution in [1.82, 2.24) is 10.6 Å². The second-order valence-corrected chi connectivity index (χ2v) is 7.46. The molecule has 1 aromatic carbocycles. The molecule has 9 nitrogen and oxygen atoms in total. The van der Waals surface area contributed by atoms with Crippen LogP contribution in [0.3, 0.4) is 0 Å². The van der Waals surface area contributed by atoms with Crippen molar-refractivity contribution in [3.63, 3.8) is 0 Å². The molecule has 0 saturated heterocycles. The zero-order valence-corrected chi connectivity index (χ0v) is 17.3. The number of phenolic OH excluding ortho intramolecular Hbond substituents is 1. The van der Waals surface area contributed by atoms with Crippen molar-refractivity contribution < 1.29 is 29.0 Å². The van der Waals surface area contributed by atoms with E-state index in [2.05, 4.69) is 10.6 Å². The van der Waals surface area contributed by atoms with Gasteiger partial charge in [-0.25, -0.2) is 4.79 Å². The van der Waals surface area contributed by atoms with Gasteiger partial charge in [-0.05, 0) is 43.9 Å². The normalized spacial score (nSPS) is 12.0. The lowest BCUT2D eigenvalue weighted by Gasteiger charge is -2.23. The summed E-state index contributed by atoms with van der Waals surface area (Å²) < 4.78 is 5.33. The van der Waals surface area contributed by atoms with Crippen molar-refractivity contribution in [2.45, 2.75) is 46.6 Å². The molecule has 0 saturated carbocycles. The molecule has 0 spiro atoms. The number of rotatable bonds is 8. The Morgan fingerprint density at radius 1 is 1.13 bits per heavy atom. The van der Waals surface area contributed by atoms with E-state index >= 15 is 0 Å². The van der Waals surface area contributed by atoms with Gasteiger partial charge < -0.3 is 30.1 Å². The maximum Gasteiger partial charge on any atom is 0.339 e. The van der Waals surface area contributed by atoms with Crippen molar-refractivity contribution in [1.29, 1.82) is 0 Å². The van der Waals surface area contributed by atoms with E-state index in [1.807, 2.05) is 0 Å². The van der Waals surface area contributed by atoms with Crippen LogP contribution in [0.15, 0.2) is 21.3 Å². The number of hydrogen-bond donors (Lipinski definition) is 3. The molecule has 2 rings (SSSR count). The van der Waals surface area contributed by atoms with Crippen LogP contribution >= 0.6 is 0 Å². The highest BCUT2D eigenvalue weighted by atomic mass is 16.4. The average Bonchev–Trinajstić information content (AvgIpc) is 2.67. The molecule has 1 heterocycles. The number of aromatic hydroxyl groups is 1. The third-order valence-electron chi connectivity index (χ3n) is 4.96. The summed E-state index contributed by atoms with van der Waals surface area (Å²) in [5.41, 5.74) is 1.16. The molecule has 30 heavy (non-hydrogen) atoms. The fourth-order valence-electron chi connectivity index (χ4n) is 3.10. The molecule has 0 aliphatic rings. The molecule has 0 bridgehead atoms. The molecule has 0 radical (unpaired) electrons. The van der Waals surface area contributed by atoms with Gasteiger partial charge in [0, 0.05) is 22.9 Å². The Morgan fingerprint density at radius 3 is 2.40 bits per heavy atom. The minimum absolute atomic E-state index is 0.0221. The Bertz CT molecular complexity index is 1040. The SMILES string of the molecule is Cc1c(CCC(=O)NCC(=O)N[C@H](C(=O)[O-])C(C)C)c(=O)oc2c(C)c(O)ccc12. The number of phenols is 1. The van der Waals surface area contributed by atoms with Crippen LogP contribution in [-0.2, 0) is 20.8 Å². The van der Waals surface area contributed by atoms with E-state index in [0.717, 1.165) is 0 Å². The lowest BCUT2D eigenvalue weighted by Crippen LogP contribution is -2.52. The maximum atomic E-state index is 12.3. The minimum atomic E-state index is -1.40. The van der Waals surface area contributed by atoms with Gasteiger partial charge in [-0.15, -0.1) is 0 Å². The molecule has 162 valence electrons. The average molecular weight is 417 g/mol. The van der Waals surface area contributed by atoms with E-state index in [-0.39, 0.29) is 31.1 Å². The van der Waals surface area contributed by atoms with E-state index < -0.39 is 29.5 Å². The number of nitrogens with one attached hydrogen (secondary N) is 2. The zero-order valence-electron chi connectivity index (χ0n) is 17.3. The third kappa shape index (κ3) is 5.16. The van der Waals surface area contributed by atoms with Gasteiger partial charge in [0.2, 0.25) is 11.8 Å². The van der Waals surface area contributed by atoms with Gasteiger partial charge in [0.05, 0.1) is 18.6 Å². The lowest BCUT2D eigenvalue weighted by atomic mass is 10.0. The topological polar surface area (TPSA) is 149 Å².